The molecule has 1 N–H and O–H groups in total. The lowest BCUT2D eigenvalue weighted by molar-refractivity contribution is -0.117. The number of hydrogen-bond donors (Lipinski definition) is 1. The zero-order valence-corrected chi connectivity index (χ0v) is 18.8. The van der Waals surface area contributed by atoms with Gasteiger partial charge in [0, 0.05) is 36.9 Å². The van der Waals surface area contributed by atoms with Crippen molar-refractivity contribution in [3.8, 4) is 0 Å². The normalized spacial score (nSPS) is 15.8. The molecule has 1 heterocycles. The predicted octanol–water partition coefficient (Wildman–Crippen LogP) is 3.75. The summed E-state index contributed by atoms with van der Waals surface area (Å²) < 4.78 is 27.7. The fourth-order valence-corrected chi connectivity index (χ4v) is 5.37. The third-order valence-electron chi connectivity index (χ3n) is 5.60. The Labute approximate surface area is 187 Å². The molecule has 3 aromatic rings. The molecular weight excluding hydrogens is 434 g/mol. The molecule has 8 heteroatoms. The van der Waals surface area contributed by atoms with Crippen molar-refractivity contribution in [3.05, 3.63) is 71.2 Å². The summed E-state index contributed by atoms with van der Waals surface area (Å²) in [5.74, 6) is -0.142. The number of carbonyl (C=O) groups is 1. The van der Waals surface area contributed by atoms with Gasteiger partial charge in [0.15, 0.2) is 0 Å². The van der Waals surface area contributed by atoms with Crippen LogP contribution >= 0.6 is 11.6 Å². The Balaban J connectivity index is 1.37. The molecule has 0 spiro atoms. The van der Waals surface area contributed by atoms with Crippen molar-refractivity contribution in [2.24, 2.45) is 0 Å². The van der Waals surface area contributed by atoms with Crippen LogP contribution in [0.15, 0.2) is 65.6 Å². The molecule has 31 heavy (non-hydrogen) atoms. The summed E-state index contributed by atoms with van der Waals surface area (Å²) in [4.78, 5) is 14.7. The summed E-state index contributed by atoms with van der Waals surface area (Å²) in [5, 5.41) is 5.39. The van der Waals surface area contributed by atoms with Gasteiger partial charge in [-0.3, -0.25) is 9.69 Å². The highest BCUT2D eigenvalue weighted by molar-refractivity contribution is 7.89. The maximum atomic E-state index is 13.1. The van der Waals surface area contributed by atoms with E-state index in [1.165, 1.54) is 4.31 Å². The Morgan fingerprint density at radius 2 is 1.68 bits per heavy atom. The van der Waals surface area contributed by atoms with Crippen molar-refractivity contribution < 1.29 is 13.2 Å². The minimum Gasteiger partial charge on any atom is -0.325 e. The highest BCUT2D eigenvalue weighted by atomic mass is 35.5. The molecule has 1 saturated heterocycles. The third kappa shape index (κ3) is 4.75. The molecule has 0 unspecified atom stereocenters. The predicted molar refractivity (Wildman–Crippen MR) is 124 cm³/mol. The van der Waals surface area contributed by atoms with Crippen molar-refractivity contribution in [1.82, 2.24) is 9.21 Å². The van der Waals surface area contributed by atoms with Crippen LogP contribution in [0.4, 0.5) is 5.69 Å². The highest BCUT2D eigenvalue weighted by Gasteiger charge is 2.29. The molecule has 0 bridgehead atoms. The lowest BCUT2D eigenvalue weighted by Crippen LogP contribution is -2.50. The number of nitrogens with one attached hydrogen (secondary N) is 1. The van der Waals surface area contributed by atoms with E-state index in [-0.39, 0.29) is 12.5 Å². The number of halogens is 1. The molecule has 3 aromatic carbocycles. The number of carbonyl (C=O) groups excluding carboxylic acids is 1. The van der Waals surface area contributed by atoms with E-state index in [2.05, 4.69) is 5.32 Å². The second-order valence-electron chi connectivity index (χ2n) is 7.65. The molecule has 0 saturated carbocycles. The molecule has 4 rings (SSSR count). The summed E-state index contributed by atoms with van der Waals surface area (Å²) in [7, 11) is -3.57. The zero-order valence-electron chi connectivity index (χ0n) is 17.2. The maximum absolute atomic E-state index is 13.1. The van der Waals surface area contributed by atoms with Crippen molar-refractivity contribution in [2.75, 3.05) is 38.0 Å². The number of hydrogen-bond acceptors (Lipinski definition) is 4. The van der Waals surface area contributed by atoms with Crippen LogP contribution in [0.2, 0.25) is 5.02 Å². The quantitative estimate of drug-likeness (QED) is 0.633. The van der Waals surface area contributed by atoms with E-state index >= 15 is 0 Å². The fourth-order valence-electron chi connectivity index (χ4n) is 3.74. The van der Waals surface area contributed by atoms with Crippen molar-refractivity contribution in [1.29, 1.82) is 0 Å². The van der Waals surface area contributed by atoms with Crippen LogP contribution in [-0.4, -0.2) is 56.3 Å². The Morgan fingerprint density at radius 1 is 0.968 bits per heavy atom. The fraction of sp³-hybridized carbons (Fsp3) is 0.261. The van der Waals surface area contributed by atoms with Crippen LogP contribution < -0.4 is 5.32 Å². The average Bonchev–Trinajstić information content (AvgIpc) is 2.77. The molecule has 0 atom stereocenters. The molecule has 0 aliphatic carbocycles. The Bertz CT molecular complexity index is 1220. The molecule has 1 aliphatic heterocycles. The minimum atomic E-state index is -3.57. The van der Waals surface area contributed by atoms with E-state index in [4.69, 9.17) is 11.6 Å². The van der Waals surface area contributed by atoms with E-state index in [1.54, 1.807) is 24.3 Å². The molecule has 6 nitrogen and oxygen atoms in total. The van der Waals surface area contributed by atoms with Crippen molar-refractivity contribution >= 4 is 44.0 Å². The first kappa shape index (κ1) is 21.8. The maximum Gasteiger partial charge on any atom is 0.243 e. The minimum absolute atomic E-state index is 0.142. The first-order chi connectivity index (χ1) is 14.8. The molecule has 0 aromatic heterocycles. The van der Waals surface area contributed by atoms with Crippen molar-refractivity contribution in [2.45, 2.75) is 11.8 Å². The lowest BCUT2D eigenvalue weighted by Gasteiger charge is -2.33. The largest absolute Gasteiger partial charge is 0.325 e. The first-order valence-electron chi connectivity index (χ1n) is 10.1. The number of rotatable bonds is 5. The molecule has 1 amide bonds. The summed E-state index contributed by atoms with van der Waals surface area (Å²) in [5.41, 5.74) is 1.51. The van der Waals surface area contributed by atoms with Crippen LogP contribution in [0, 0.1) is 6.92 Å². The number of sulfonamides is 1. The number of amides is 1. The van der Waals surface area contributed by atoms with Gasteiger partial charge in [-0.2, -0.15) is 4.31 Å². The van der Waals surface area contributed by atoms with Crippen LogP contribution in [-0.2, 0) is 14.8 Å². The number of piperazine rings is 1. The SMILES string of the molecule is Cc1c(Cl)cccc1NC(=O)CN1CCN(S(=O)(=O)c2ccc3ccccc3c2)CC1. The van der Waals surface area contributed by atoms with Gasteiger partial charge in [-0.1, -0.05) is 48.0 Å². The van der Waals surface area contributed by atoms with Gasteiger partial charge in [0.1, 0.15) is 0 Å². The van der Waals surface area contributed by atoms with Gasteiger partial charge in [-0.05, 0) is 47.5 Å². The molecule has 162 valence electrons. The summed E-state index contributed by atoms with van der Waals surface area (Å²) >= 11 is 6.11. The van der Waals surface area contributed by atoms with Gasteiger partial charge in [-0.15, -0.1) is 0 Å². The molecule has 1 fully saturated rings. The van der Waals surface area contributed by atoms with Crippen LogP contribution in [0.25, 0.3) is 10.8 Å². The van der Waals surface area contributed by atoms with Crippen LogP contribution in [0.3, 0.4) is 0 Å². The number of fused-ring (bicyclic) bond motifs is 1. The zero-order chi connectivity index (χ0) is 22.0. The summed E-state index contributed by atoms with van der Waals surface area (Å²) in [6, 6.07) is 18.3. The lowest BCUT2D eigenvalue weighted by atomic mass is 10.1. The van der Waals surface area contributed by atoms with Gasteiger partial charge in [0.2, 0.25) is 15.9 Å². The van der Waals surface area contributed by atoms with E-state index < -0.39 is 10.0 Å². The molecule has 1 aliphatic rings. The topological polar surface area (TPSA) is 69.7 Å². The van der Waals surface area contributed by atoms with Crippen LogP contribution in [0.5, 0.6) is 0 Å². The van der Waals surface area contributed by atoms with Gasteiger partial charge in [0.25, 0.3) is 0 Å². The van der Waals surface area contributed by atoms with Crippen molar-refractivity contribution in [3.63, 3.8) is 0 Å². The second kappa shape index (κ2) is 8.96. The Morgan fingerprint density at radius 3 is 2.42 bits per heavy atom. The smallest absolute Gasteiger partial charge is 0.243 e. The Hall–Kier alpha value is -2.45. The second-order valence-corrected chi connectivity index (χ2v) is 9.99. The standard InChI is InChI=1S/C23H24ClN3O3S/c1-17-21(24)7-4-8-22(17)25-23(28)16-26-11-13-27(14-12-26)31(29,30)20-10-9-18-5-2-3-6-19(18)15-20/h2-10,15H,11-14,16H2,1H3,(H,25,28). The van der Waals surface area contributed by atoms with Crippen LogP contribution in [0.1, 0.15) is 5.56 Å². The summed E-state index contributed by atoms with van der Waals surface area (Å²) in [6.45, 7) is 3.74. The Kier molecular flexibility index (Phi) is 6.29. The van der Waals surface area contributed by atoms with Gasteiger partial charge in [-0.25, -0.2) is 8.42 Å². The summed E-state index contributed by atoms with van der Waals surface area (Å²) in [6.07, 6.45) is 0. The third-order valence-corrected chi connectivity index (χ3v) is 7.90. The first-order valence-corrected chi connectivity index (χ1v) is 11.9. The number of nitrogens with zero attached hydrogens (tertiary/aromatic N) is 2. The van der Waals surface area contributed by atoms with Gasteiger partial charge < -0.3 is 5.32 Å². The molecule has 0 radical (unpaired) electrons. The van der Waals surface area contributed by atoms with Gasteiger partial charge in [0.05, 0.1) is 11.4 Å². The van der Waals surface area contributed by atoms with Gasteiger partial charge >= 0.3 is 0 Å². The highest BCUT2D eigenvalue weighted by Crippen LogP contribution is 2.24. The molecular formula is C23H24ClN3O3S. The van der Waals surface area contributed by atoms with E-state index in [9.17, 15) is 13.2 Å². The van der Waals surface area contributed by atoms with E-state index in [0.717, 1.165) is 16.3 Å². The monoisotopic (exact) mass is 457 g/mol. The van der Waals surface area contributed by atoms with E-state index in [0.29, 0.717) is 41.8 Å². The average molecular weight is 458 g/mol. The van der Waals surface area contributed by atoms with E-state index in [1.807, 2.05) is 48.2 Å². The number of anilines is 1. The number of benzene rings is 3.